The molecule has 1 amide bonds. The van der Waals surface area contributed by atoms with Gasteiger partial charge in [-0.3, -0.25) is 0 Å². The third kappa shape index (κ3) is 7.24. The van der Waals surface area contributed by atoms with E-state index in [4.69, 9.17) is 4.74 Å². The SMILES string of the molecule is CC(C)(C)NC(=O)OCCCNS(=O)(=O)c1ccc(Br)cc1. The van der Waals surface area contributed by atoms with Gasteiger partial charge in [0.1, 0.15) is 0 Å². The molecule has 0 atom stereocenters. The van der Waals surface area contributed by atoms with Crippen LogP contribution >= 0.6 is 15.9 Å². The lowest BCUT2D eigenvalue weighted by atomic mass is 10.1. The molecule has 0 fully saturated rings. The van der Waals surface area contributed by atoms with Crippen LogP contribution in [0.2, 0.25) is 0 Å². The number of benzene rings is 1. The molecule has 0 aliphatic rings. The van der Waals surface area contributed by atoms with Gasteiger partial charge in [-0.1, -0.05) is 15.9 Å². The first-order valence-corrected chi connectivity index (χ1v) is 9.08. The van der Waals surface area contributed by atoms with Crippen molar-refractivity contribution in [1.29, 1.82) is 0 Å². The third-order valence-corrected chi connectivity index (χ3v) is 4.45. The van der Waals surface area contributed by atoms with Crippen molar-refractivity contribution in [3.8, 4) is 0 Å². The molecular weight excluding hydrogens is 372 g/mol. The molecule has 1 aromatic rings. The van der Waals surface area contributed by atoms with Crippen molar-refractivity contribution in [3.63, 3.8) is 0 Å². The van der Waals surface area contributed by atoms with Crippen LogP contribution in [0, 0.1) is 0 Å². The van der Waals surface area contributed by atoms with Gasteiger partial charge in [0.25, 0.3) is 0 Å². The minimum absolute atomic E-state index is 0.144. The van der Waals surface area contributed by atoms with Crippen LogP contribution in [0.3, 0.4) is 0 Å². The molecule has 124 valence electrons. The summed E-state index contributed by atoms with van der Waals surface area (Å²) in [5.41, 5.74) is -0.361. The molecule has 0 heterocycles. The summed E-state index contributed by atoms with van der Waals surface area (Å²) >= 11 is 3.25. The number of halogens is 1. The Morgan fingerprint density at radius 3 is 2.36 bits per heavy atom. The van der Waals surface area contributed by atoms with E-state index in [0.717, 1.165) is 4.47 Å². The standard InChI is InChI=1S/C14H21BrN2O4S/c1-14(2,3)17-13(18)21-10-4-9-16-22(19,20)12-7-5-11(15)6-8-12/h5-8,16H,4,9-10H2,1-3H3,(H,17,18). The zero-order valence-corrected chi connectivity index (χ0v) is 15.3. The third-order valence-electron chi connectivity index (χ3n) is 2.45. The maximum absolute atomic E-state index is 12.0. The van der Waals surface area contributed by atoms with E-state index in [1.165, 1.54) is 12.1 Å². The van der Waals surface area contributed by atoms with Crippen molar-refractivity contribution in [2.45, 2.75) is 37.6 Å². The van der Waals surface area contributed by atoms with Crippen LogP contribution in [0.5, 0.6) is 0 Å². The van der Waals surface area contributed by atoms with Gasteiger partial charge in [0.15, 0.2) is 0 Å². The van der Waals surface area contributed by atoms with Crippen molar-refractivity contribution in [3.05, 3.63) is 28.7 Å². The number of hydrogen-bond acceptors (Lipinski definition) is 4. The molecule has 0 spiro atoms. The van der Waals surface area contributed by atoms with Crippen molar-refractivity contribution in [2.75, 3.05) is 13.2 Å². The molecule has 0 aromatic heterocycles. The Balaban J connectivity index is 2.32. The van der Waals surface area contributed by atoms with Gasteiger partial charge in [-0.2, -0.15) is 0 Å². The highest BCUT2D eigenvalue weighted by Crippen LogP contribution is 2.14. The van der Waals surface area contributed by atoms with E-state index >= 15 is 0 Å². The lowest BCUT2D eigenvalue weighted by Gasteiger charge is -2.19. The minimum atomic E-state index is -3.53. The quantitative estimate of drug-likeness (QED) is 0.728. The Kier molecular flexibility index (Phi) is 6.83. The van der Waals surface area contributed by atoms with Crippen molar-refractivity contribution < 1.29 is 17.9 Å². The monoisotopic (exact) mass is 392 g/mol. The summed E-state index contributed by atoms with van der Waals surface area (Å²) in [7, 11) is -3.53. The number of sulfonamides is 1. The number of carbonyl (C=O) groups is 1. The van der Waals surface area contributed by atoms with E-state index in [1.54, 1.807) is 12.1 Å². The summed E-state index contributed by atoms with van der Waals surface area (Å²) in [4.78, 5) is 11.6. The average molecular weight is 393 g/mol. The number of nitrogens with one attached hydrogen (secondary N) is 2. The second kappa shape index (κ2) is 7.94. The van der Waals surface area contributed by atoms with E-state index in [-0.39, 0.29) is 23.6 Å². The normalized spacial score (nSPS) is 12.0. The molecule has 8 heteroatoms. The Bertz CT molecular complexity index is 594. The summed E-state index contributed by atoms with van der Waals surface area (Å²) < 4.78 is 32.2. The molecule has 1 rings (SSSR count). The van der Waals surface area contributed by atoms with Crippen LogP contribution in [0.25, 0.3) is 0 Å². The minimum Gasteiger partial charge on any atom is -0.450 e. The molecule has 0 aliphatic carbocycles. The summed E-state index contributed by atoms with van der Waals surface area (Å²) in [6, 6.07) is 6.35. The Hall–Kier alpha value is -1.12. The molecule has 0 radical (unpaired) electrons. The van der Waals surface area contributed by atoms with Crippen LogP contribution < -0.4 is 10.0 Å². The number of carbonyl (C=O) groups excluding carboxylic acids is 1. The van der Waals surface area contributed by atoms with Crippen molar-refractivity contribution in [2.24, 2.45) is 0 Å². The van der Waals surface area contributed by atoms with Crippen LogP contribution in [-0.2, 0) is 14.8 Å². The summed E-state index contributed by atoms with van der Waals surface area (Å²) in [6.07, 6.45) is -0.115. The first-order valence-electron chi connectivity index (χ1n) is 6.80. The number of alkyl carbamates (subject to hydrolysis) is 1. The molecule has 6 nitrogen and oxygen atoms in total. The average Bonchev–Trinajstić information content (AvgIpc) is 2.36. The number of amides is 1. The molecule has 22 heavy (non-hydrogen) atoms. The summed E-state index contributed by atoms with van der Waals surface area (Å²) in [5.74, 6) is 0. The molecule has 0 saturated carbocycles. The fourth-order valence-corrected chi connectivity index (χ4v) is 2.82. The van der Waals surface area contributed by atoms with E-state index in [0.29, 0.717) is 6.42 Å². The highest BCUT2D eigenvalue weighted by Gasteiger charge is 2.15. The van der Waals surface area contributed by atoms with E-state index < -0.39 is 16.1 Å². The van der Waals surface area contributed by atoms with Crippen LogP contribution in [0.1, 0.15) is 27.2 Å². The maximum atomic E-state index is 12.0. The van der Waals surface area contributed by atoms with Gasteiger partial charge in [-0.15, -0.1) is 0 Å². The smallest absolute Gasteiger partial charge is 0.407 e. The van der Waals surface area contributed by atoms with Crippen LogP contribution in [0.4, 0.5) is 4.79 Å². The van der Waals surface area contributed by atoms with Gasteiger partial charge in [-0.25, -0.2) is 17.9 Å². The van der Waals surface area contributed by atoms with Gasteiger partial charge in [0, 0.05) is 16.6 Å². The fourth-order valence-electron chi connectivity index (χ4n) is 1.48. The summed E-state index contributed by atoms with van der Waals surface area (Å²) in [6.45, 7) is 5.88. The second-order valence-corrected chi connectivity index (χ2v) is 8.40. The molecule has 0 aliphatic heterocycles. The molecule has 2 N–H and O–H groups in total. The highest BCUT2D eigenvalue weighted by atomic mass is 79.9. The lowest BCUT2D eigenvalue weighted by molar-refractivity contribution is 0.137. The Morgan fingerprint density at radius 1 is 1.23 bits per heavy atom. The Labute approximate surface area is 139 Å². The van der Waals surface area contributed by atoms with Gasteiger partial charge < -0.3 is 10.1 Å². The maximum Gasteiger partial charge on any atom is 0.407 e. The second-order valence-electron chi connectivity index (χ2n) is 5.72. The lowest BCUT2D eigenvalue weighted by Crippen LogP contribution is -2.41. The number of rotatable bonds is 6. The zero-order chi connectivity index (χ0) is 16.8. The topological polar surface area (TPSA) is 84.5 Å². The molecule has 0 unspecified atom stereocenters. The predicted molar refractivity (Wildman–Crippen MR) is 88.2 cm³/mol. The van der Waals surface area contributed by atoms with Crippen molar-refractivity contribution in [1.82, 2.24) is 10.0 Å². The van der Waals surface area contributed by atoms with Gasteiger partial charge in [-0.05, 0) is 51.5 Å². The van der Waals surface area contributed by atoms with Crippen LogP contribution in [0.15, 0.2) is 33.6 Å². The van der Waals surface area contributed by atoms with Crippen LogP contribution in [-0.4, -0.2) is 33.2 Å². The molecule has 0 bridgehead atoms. The van der Waals surface area contributed by atoms with Gasteiger partial charge >= 0.3 is 6.09 Å². The Morgan fingerprint density at radius 2 is 1.82 bits per heavy atom. The fraction of sp³-hybridized carbons (Fsp3) is 0.500. The van der Waals surface area contributed by atoms with E-state index in [2.05, 4.69) is 26.0 Å². The first kappa shape index (κ1) is 18.9. The number of ether oxygens (including phenoxy) is 1. The zero-order valence-electron chi connectivity index (χ0n) is 12.8. The van der Waals surface area contributed by atoms with E-state index in [1.807, 2.05) is 20.8 Å². The summed E-state index contributed by atoms with van der Waals surface area (Å²) in [5, 5.41) is 2.65. The van der Waals surface area contributed by atoms with Gasteiger partial charge in [0.05, 0.1) is 11.5 Å². The molecule has 1 aromatic carbocycles. The van der Waals surface area contributed by atoms with Crippen molar-refractivity contribution >= 4 is 32.0 Å². The highest BCUT2D eigenvalue weighted by molar-refractivity contribution is 9.10. The van der Waals surface area contributed by atoms with E-state index in [9.17, 15) is 13.2 Å². The molecule has 0 saturated heterocycles. The molecular formula is C14H21BrN2O4S. The number of hydrogen-bond donors (Lipinski definition) is 2. The van der Waals surface area contributed by atoms with Gasteiger partial charge in [0.2, 0.25) is 10.0 Å². The first-order chi connectivity index (χ1) is 10.1. The largest absolute Gasteiger partial charge is 0.450 e. The predicted octanol–water partition coefficient (Wildman–Crippen LogP) is 2.64.